The number of carbonyl (C=O) groups excluding carboxylic acids is 1. The van der Waals surface area contributed by atoms with E-state index in [0.29, 0.717) is 18.0 Å². The molecule has 6 nitrogen and oxygen atoms in total. The standard InChI is InChI=1S/C6H8N4O2S/c1-2-12-9-4(3-11)5-8-6(7)13-10-5/h3H,2H2,1H3,(H2,7,8,10). The van der Waals surface area contributed by atoms with Gasteiger partial charge in [-0.2, -0.15) is 9.36 Å². The highest BCUT2D eigenvalue weighted by Gasteiger charge is 2.09. The average Bonchev–Trinajstić information content (AvgIpc) is 2.54. The molecule has 1 aromatic rings. The highest BCUT2D eigenvalue weighted by molar-refractivity contribution is 7.09. The van der Waals surface area contributed by atoms with Gasteiger partial charge in [0, 0.05) is 11.5 Å². The normalized spacial score (nSPS) is 11.3. The number of nitrogen functional groups attached to an aromatic ring is 1. The first-order valence-electron chi connectivity index (χ1n) is 3.52. The molecule has 1 aromatic heterocycles. The van der Waals surface area contributed by atoms with E-state index in [1.54, 1.807) is 6.92 Å². The summed E-state index contributed by atoms with van der Waals surface area (Å²) in [4.78, 5) is 19.0. The second-order valence-electron chi connectivity index (χ2n) is 1.97. The Morgan fingerprint density at radius 3 is 3.08 bits per heavy atom. The van der Waals surface area contributed by atoms with Crippen molar-refractivity contribution in [2.75, 3.05) is 12.3 Å². The zero-order chi connectivity index (χ0) is 9.68. The predicted octanol–water partition coefficient (Wildman–Crippen LogP) is 0.0598. The molecular weight excluding hydrogens is 192 g/mol. The summed E-state index contributed by atoms with van der Waals surface area (Å²) < 4.78 is 3.80. The number of aldehydes is 1. The topological polar surface area (TPSA) is 90.5 Å². The lowest BCUT2D eigenvalue weighted by Crippen LogP contribution is -2.06. The molecule has 2 N–H and O–H groups in total. The van der Waals surface area contributed by atoms with Crippen molar-refractivity contribution in [3.05, 3.63) is 5.82 Å². The van der Waals surface area contributed by atoms with Crippen LogP contribution in [0.1, 0.15) is 12.7 Å². The number of aromatic nitrogens is 2. The van der Waals surface area contributed by atoms with Crippen molar-refractivity contribution in [2.45, 2.75) is 6.92 Å². The Bertz CT molecular complexity index is 322. The Kier molecular flexibility index (Phi) is 3.32. The smallest absolute Gasteiger partial charge is 0.200 e. The second kappa shape index (κ2) is 4.51. The van der Waals surface area contributed by atoms with E-state index >= 15 is 0 Å². The minimum absolute atomic E-state index is 0.0507. The van der Waals surface area contributed by atoms with Gasteiger partial charge in [-0.25, -0.2) is 0 Å². The number of oxime groups is 1. The van der Waals surface area contributed by atoms with Gasteiger partial charge in [0.1, 0.15) is 6.61 Å². The highest BCUT2D eigenvalue weighted by atomic mass is 32.1. The lowest BCUT2D eigenvalue weighted by Gasteiger charge is -1.92. The van der Waals surface area contributed by atoms with Crippen LogP contribution in [0.3, 0.4) is 0 Å². The molecule has 0 radical (unpaired) electrons. The summed E-state index contributed by atoms with van der Waals surface area (Å²) in [6.07, 6.45) is 0.525. The molecule has 1 heterocycles. The van der Waals surface area contributed by atoms with Crippen LogP contribution in [0.15, 0.2) is 5.16 Å². The van der Waals surface area contributed by atoms with Crippen molar-refractivity contribution >= 4 is 28.7 Å². The molecule has 0 spiro atoms. The third-order valence-corrected chi connectivity index (χ3v) is 1.62. The summed E-state index contributed by atoms with van der Waals surface area (Å²) in [6, 6.07) is 0. The van der Waals surface area contributed by atoms with Crippen LogP contribution in [-0.2, 0) is 9.63 Å². The van der Waals surface area contributed by atoms with E-state index in [4.69, 9.17) is 10.6 Å². The first-order valence-corrected chi connectivity index (χ1v) is 4.30. The first-order chi connectivity index (χ1) is 6.27. The molecule has 0 aromatic carbocycles. The summed E-state index contributed by atoms with van der Waals surface area (Å²) in [5.74, 6) is 0.200. The number of carbonyl (C=O) groups is 1. The van der Waals surface area contributed by atoms with Crippen molar-refractivity contribution in [2.24, 2.45) is 5.16 Å². The van der Waals surface area contributed by atoms with Gasteiger partial charge in [-0.1, -0.05) is 5.16 Å². The van der Waals surface area contributed by atoms with Crippen LogP contribution in [0, 0.1) is 0 Å². The van der Waals surface area contributed by atoms with Gasteiger partial charge in [0.2, 0.25) is 0 Å². The van der Waals surface area contributed by atoms with E-state index in [1.165, 1.54) is 0 Å². The largest absolute Gasteiger partial charge is 0.395 e. The summed E-state index contributed by atoms with van der Waals surface area (Å²) in [7, 11) is 0. The van der Waals surface area contributed by atoms with Crippen molar-refractivity contribution < 1.29 is 9.63 Å². The lowest BCUT2D eigenvalue weighted by atomic mass is 10.4. The van der Waals surface area contributed by atoms with Gasteiger partial charge in [0.05, 0.1) is 0 Å². The van der Waals surface area contributed by atoms with E-state index < -0.39 is 0 Å². The number of nitrogens with two attached hydrogens (primary N) is 1. The van der Waals surface area contributed by atoms with Crippen molar-refractivity contribution in [3.8, 4) is 0 Å². The Labute approximate surface area is 78.6 Å². The van der Waals surface area contributed by atoms with Crippen LogP contribution >= 0.6 is 11.5 Å². The van der Waals surface area contributed by atoms with E-state index in [9.17, 15) is 4.79 Å². The molecule has 0 aliphatic carbocycles. The Balaban J connectivity index is 2.84. The van der Waals surface area contributed by atoms with E-state index in [1.807, 2.05) is 0 Å². The predicted molar refractivity (Wildman–Crippen MR) is 48.5 cm³/mol. The summed E-state index contributed by atoms with van der Waals surface area (Å²) in [6.45, 7) is 2.14. The Morgan fingerprint density at radius 1 is 1.85 bits per heavy atom. The van der Waals surface area contributed by atoms with Crippen LogP contribution in [0.4, 0.5) is 5.13 Å². The fourth-order valence-corrected chi connectivity index (χ4v) is 1.03. The van der Waals surface area contributed by atoms with Crippen LogP contribution in [-0.4, -0.2) is 28.0 Å². The maximum atomic E-state index is 10.5. The molecule has 0 fully saturated rings. The van der Waals surface area contributed by atoms with Gasteiger partial charge in [0.25, 0.3) is 0 Å². The number of hydrogen-bond acceptors (Lipinski definition) is 7. The zero-order valence-electron chi connectivity index (χ0n) is 6.93. The first kappa shape index (κ1) is 9.59. The molecule has 70 valence electrons. The fourth-order valence-electron chi connectivity index (χ4n) is 0.588. The molecule has 0 unspecified atom stereocenters. The summed E-state index contributed by atoms with van der Waals surface area (Å²) in [5, 5.41) is 3.81. The number of nitrogens with zero attached hydrogens (tertiary/aromatic N) is 3. The van der Waals surface area contributed by atoms with Crippen LogP contribution in [0.2, 0.25) is 0 Å². The van der Waals surface area contributed by atoms with Gasteiger partial charge in [-0.05, 0) is 6.92 Å². The maximum absolute atomic E-state index is 10.5. The molecule has 7 heteroatoms. The fraction of sp³-hybridized carbons (Fsp3) is 0.333. The highest BCUT2D eigenvalue weighted by Crippen LogP contribution is 2.05. The average molecular weight is 200 g/mol. The number of anilines is 1. The number of rotatable bonds is 4. The Morgan fingerprint density at radius 2 is 2.62 bits per heavy atom. The lowest BCUT2D eigenvalue weighted by molar-refractivity contribution is -0.102. The third kappa shape index (κ3) is 2.48. The van der Waals surface area contributed by atoms with Crippen LogP contribution < -0.4 is 5.73 Å². The van der Waals surface area contributed by atoms with Gasteiger partial charge in [-0.3, -0.25) is 4.79 Å². The van der Waals surface area contributed by atoms with Crippen molar-refractivity contribution in [3.63, 3.8) is 0 Å². The number of hydrogen-bond donors (Lipinski definition) is 1. The molecule has 0 bridgehead atoms. The molecule has 0 saturated carbocycles. The minimum atomic E-state index is 0.0507. The molecule has 0 amide bonds. The zero-order valence-corrected chi connectivity index (χ0v) is 7.74. The van der Waals surface area contributed by atoms with E-state index in [-0.39, 0.29) is 11.5 Å². The van der Waals surface area contributed by atoms with Crippen LogP contribution in [0.5, 0.6) is 0 Å². The molecular formula is C6H8N4O2S. The molecule has 0 aliphatic rings. The van der Waals surface area contributed by atoms with Gasteiger partial charge in [-0.15, -0.1) is 0 Å². The van der Waals surface area contributed by atoms with Crippen molar-refractivity contribution in [1.29, 1.82) is 0 Å². The quantitative estimate of drug-likeness (QED) is 0.421. The molecule has 13 heavy (non-hydrogen) atoms. The maximum Gasteiger partial charge on any atom is 0.200 e. The van der Waals surface area contributed by atoms with Gasteiger partial charge < -0.3 is 10.6 Å². The molecule has 0 atom stereocenters. The SMILES string of the molecule is CCON=C(C=O)c1nsc(N)n1. The Hall–Kier alpha value is -1.50. The van der Waals surface area contributed by atoms with Crippen molar-refractivity contribution in [1.82, 2.24) is 9.36 Å². The summed E-state index contributed by atoms with van der Waals surface area (Å²) in [5.41, 5.74) is 5.38. The van der Waals surface area contributed by atoms with Gasteiger partial charge in [0.15, 0.2) is 23.0 Å². The van der Waals surface area contributed by atoms with E-state index in [2.05, 4.69) is 14.5 Å². The summed E-state index contributed by atoms with van der Waals surface area (Å²) >= 11 is 1.00. The second-order valence-corrected chi connectivity index (χ2v) is 2.75. The molecule has 1 rings (SSSR count). The molecule has 0 saturated heterocycles. The van der Waals surface area contributed by atoms with E-state index in [0.717, 1.165) is 11.5 Å². The van der Waals surface area contributed by atoms with Gasteiger partial charge >= 0.3 is 0 Å². The third-order valence-electron chi connectivity index (χ3n) is 1.07. The van der Waals surface area contributed by atoms with Crippen LogP contribution in [0.25, 0.3) is 0 Å². The minimum Gasteiger partial charge on any atom is -0.395 e. The monoisotopic (exact) mass is 200 g/mol. The molecule has 0 aliphatic heterocycles.